The van der Waals surface area contributed by atoms with Crippen LogP contribution in [0.5, 0.6) is 11.5 Å². The number of nitrogens with zero attached hydrogens (tertiary/aromatic N) is 1. The van der Waals surface area contributed by atoms with Gasteiger partial charge in [-0.3, -0.25) is 0 Å². The molecule has 0 fully saturated rings. The lowest BCUT2D eigenvalue weighted by molar-refractivity contribution is -0.493. The first-order chi connectivity index (χ1) is 6.83. The summed E-state index contributed by atoms with van der Waals surface area (Å²) in [5, 5.41) is 0. The zero-order valence-electron chi connectivity index (χ0n) is 9.03. The summed E-state index contributed by atoms with van der Waals surface area (Å²) in [5.74, 6) is 1.76. The maximum Gasteiger partial charge on any atom is 0.231 e. The molecule has 0 aliphatic carbocycles. The van der Waals surface area contributed by atoms with Crippen LogP contribution in [-0.4, -0.2) is 36.7 Å². The van der Waals surface area contributed by atoms with E-state index in [1.165, 1.54) is 11.1 Å². The quantitative estimate of drug-likeness (QED) is 0.629. The number of likely N-dealkylation sites (N-methyl/N-ethyl adjacent to an activating group) is 1. The second kappa shape index (κ2) is 4.72. The SMILES string of the molecule is C[N+]1=Cc2cc3c(cc2CC1)OCO3.Cl.O. The summed E-state index contributed by atoms with van der Waals surface area (Å²) in [6, 6.07) is 4.16. The highest BCUT2D eigenvalue weighted by molar-refractivity contribution is 5.85. The zero-order chi connectivity index (χ0) is 9.54. The lowest BCUT2D eigenvalue weighted by Crippen LogP contribution is -2.18. The van der Waals surface area contributed by atoms with Crippen molar-refractivity contribution in [2.45, 2.75) is 6.42 Å². The number of rotatable bonds is 0. The van der Waals surface area contributed by atoms with Gasteiger partial charge in [0.25, 0.3) is 0 Å². The zero-order valence-corrected chi connectivity index (χ0v) is 9.84. The average Bonchev–Trinajstić information content (AvgIpc) is 2.61. The molecule has 2 aliphatic rings. The van der Waals surface area contributed by atoms with Crippen LogP contribution in [0.3, 0.4) is 0 Å². The van der Waals surface area contributed by atoms with Crippen molar-refractivity contribution in [3.63, 3.8) is 0 Å². The lowest BCUT2D eigenvalue weighted by atomic mass is 10.0. The molecule has 0 atom stereocenters. The van der Waals surface area contributed by atoms with E-state index in [9.17, 15) is 0 Å². The summed E-state index contributed by atoms with van der Waals surface area (Å²) in [5.41, 5.74) is 2.61. The Hall–Kier alpha value is -1.26. The normalized spacial score (nSPS) is 15.4. The van der Waals surface area contributed by atoms with Crippen molar-refractivity contribution in [1.82, 2.24) is 0 Å². The fourth-order valence-electron chi connectivity index (χ4n) is 1.94. The molecule has 5 heteroatoms. The first-order valence-corrected chi connectivity index (χ1v) is 4.80. The Kier molecular flexibility index (Phi) is 3.78. The van der Waals surface area contributed by atoms with Gasteiger partial charge in [-0.1, -0.05) is 0 Å². The monoisotopic (exact) mass is 244 g/mol. The second-order valence-corrected chi connectivity index (χ2v) is 3.76. The highest BCUT2D eigenvalue weighted by Crippen LogP contribution is 2.35. The molecule has 0 radical (unpaired) electrons. The van der Waals surface area contributed by atoms with Crippen molar-refractivity contribution in [2.24, 2.45) is 0 Å². The van der Waals surface area contributed by atoms with Crippen LogP contribution in [0.4, 0.5) is 0 Å². The van der Waals surface area contributed by atoms with Crippen molar-refractivity contribution in [3.05, 3.63) is 23.3 Å². The van der Waals surface area contributed by atoms with Crippen LogP contribution in [0.15, 0.2) is 12.1 Å². The van der Waals surface area contributed by atoms with Crippen molar-refractivity contribution >= 4 is 18.6 Å². The first-order valence-electron chi connectivity index (χ1n) is 4.80. The minimum Gasteiger partial charge on any atom is -0.454 e. The Morgan fingerprint density at radius 3 is 2.62 bits per heavy atom. The second-order valence-electron chi connectivity index (χ2n) is 3.76. The maximum atomic E-state index is 5.34. The molecular weight excluding hydrogens is 230 g/mol. The van der Waals surface area contributed by atoms with Gasteiger partial charge in [0.1, 0.15) is 13.6 Å². The van der Waals surface area contributed by atoms with Gasteiger partial charge in [-0.25, -0.2) is 4.58 Å². The van der Waals surface area contributed by atoms with Gasteiger partial charge in [0, 0.05) is 12.0 Å². The van der Waals surface area contributed by atoms with E-state index in [4.69, 9.17) is 9.47 Å². The van der Waals surface area contributed by atoms with Crippen LogP contribution in [0.2, 0.25) is 0 Å². The third-order valence-electron chi connectivity index (χ3n) is 2.73. The molecule has 0 unspecified atom stereocenters. The van der Waals surface area contributed by atoms with Gasteiger partial charge in [-0.05, 0) is 17.7 Å². The Labute approximate surface area is 100 Å². The molecule has 0 aromatic heterocycles. The van der Waals surface area contributed by atoms with Gasteiger partial charge < -0.3 is 14.9 Å². The topological polar surface area (TPSA) is 53.0 Å². The highest BCUT2D eigenvalue weighted by atomic mass is 35.5. The number of benzene rings is 1. The predicted octanol–water partition coefficient (Wildman–Crippen LogP) is 0.630. The van der Waals surface area contributed by atoms with Gasteiger partial charge in [-0.15, -0.1) is 12.4 Å². The van der Waals surface area contributed by atoms with Crippen molar-refractivity contribution in [3.8, 4) is 11.5 Å². The molecule has 0 spiro atoms. The summed E-state index contributed by atoms with van der Waals surface area (Å²) in [6.07, 6.45) is 3.24. The number of hydrogen-bond donors (Lipinski definition) is 0. The Balaban J connectivity index is 0.000000640. The number of halogens is 1. The van der Waals surface area contributed by atoms with Crippen molar-refractivity contribution < 1.29 is 19.5 Å². The van der Waals surface area contributed by atoms with Gasteiger partial charge in [0.2, 0.25) is 6.79 Å². The minimum atomic E-state index is 0. The van der Waals surface area contributed by atoms with E-state index in [0.29, 0.717) is 6.79 Å². The van der Waals surface area contributed by atoms with E-state index in [0.717, 1.165) is 24.5 Å². The third-order valence-corrected chi connectivity index (χ3v) is 2.73. The molecule has 16 heavy (non-hydrogen) atoms. The molecule has 4 nitrogen and oxygen atoms in total. The molecule has 0 amide bonds. The molecule has 0 saturated carbocycles. The van der Waals surface area contributed by atoms with Crippen LogP contribution < -0.4 is 9.47 Å². The first kappa shape index (κ1) is 12.8. The summed E-state index contributed by atoms with van der Waals surface area (Å²) < 4.78 is 12.9. The van der Waals surface area contributed by atoms with Gasteiger partial charge in [0.15, 0.2) is 17.7 Å². The summed E-state index contributed by atoms with van der Waals surface area (Å²) >= 11 is 0. The molecule has 88 valence electrons. The Morgan fingerprint density at radius 2 is 1.88 bits per heavy atom. The van der Waals surface area contributed by atoms with Crippen molar-refractivity contribution in [1.29, 1.82) is 0 Å². The maximum absolute atomic E-state index is 5.34. The fourth-order valence-corrected chi connectivity index (χ4v) is 1.94. The molecule has 1 aromatic rings. The number of ether oxygens (including phenoxy) is 2. The van der Waals surface area contributed by atoms with E-state index in [2.05, 4.69) is 30.0 Å². The Bertz CT molecular complexity index is 431. The lowest BCUT2D eigenvalue weighted by Gasteiger charge is -2.10. The predicted molar refractivity (Wildman–Crippen MR) is 63.3 cm³/mol. The van der Waals surface area contributed by atoms with E-state index < -0.39 is 0 Å². The van der Waals surface area contributed by atoms with Crippen molar-refractivity contribution in [2.75, 3.05) is 20.4 Å². The summed E-state index contributed by atoms with van der Waals surface area (Å²) in [4.78, 5) is 0. The van der Waals surface area contributed by atoms with Crippen LogP contribution >= 0.6 is 12.4 Å². The number of fused-ring (bicyclic) bond motifs is 2. The molecule has 3 rings (SSSR count). The third kappa shape index (κ3) is 1.99. The highest BCUT2D eigenvalue weighted by Gasteiger charge is 2.20. The Morgan fingerprint density at radius 1 is 1.19 bits per heavy atom. The van der Waals surface area contributed by atoms with E-state index in [-0.39, 0.29) is 17.9 Å². The van der Waals surface area contributed by atoms with Gasteiger partial charge in [0.05, 0.1) is 0 Å². The summed E-state index contributed by atoms with van der Waals surface area (Å²) in [6.45, 7) is 1.43. The number of hydrogen-bond acceptors (Lipinski definition) is 2. The van der Waals surface area contributed by atoms with Gasteiger partial charge in [-0.2, -0.15) is 0 Å². The van der Waals surface area contributed by atoms with Crippen LogP contribution in [0.25, 0.3) is 0 Å². The smallest absolute Gasteiger partial charge is 0.231 e. The molecular formula is C11H15ClNO3+. The van der Waals surface area contributed by atoms with Crippen LogP contribution in [0.1, 0.15) is 11.1 Å². The van der Waals surface area contributed by atoms with E-state index in [1.807, 2.05) is 0 Å². The van der Waals surface area contributed by atoms with E-state index >= 15 is 0 Å². The fraction of sp³-hybridized carbons (Fsp3) is 0.364. The molecule has 2 aliphatic heterocycles. The average molecular weight is 245 g/mol. The van der Waals surface area contributed by atoms with E-state index in [1.54, 1.807) is 0 Å². The van der Waals surface area contributed by atoms with Crippen LogP contribution in [-0.2, 0) is 6.42 Å². The molecule has 1 aromatic carbocycles. The standard InChI is InChI=1S/C11H12NO2.ClH.H2O/c1-12-3-2-8-4-10-11(14-7-13-10)5-9(8)6-12;;/h4-6H,2-3,7H2,1H3;1H;1H2/q+1;;. The molecule has 2 N–H and O–H groups in total. The minimum absolute atomic E-state index is 0. The van der Waals surface area contributed by atoms with Gasteiger partial charge >= 0.3 is 0 Å². The van der Waals surface area contributed by atoms with Crippen LogP contribution in [0, 0.1) is 0 Å². The largest absolute Gasteiger partial charge is 0.454 e. The molecule has 0 saturated heterocycles. The molecule has 2 heterocycles. The summed E-state index contributed by atoms with van der Waals surface area (Å²) in [7, 11) is 2.09. The molecule has 0 bridgehead atoms.